The molecule has 2 unspecified atom stereocenters. The van der Waals surface area contributed by atoms with Crippen LogP contribution in [0, 0.1) is 11.8 Å². The van der Waals surface area contributed by atoms with Gasteiger partial charge in [0.05, 0.1) is 11.9 Å². The molecule has 1 fully saturated rings. The summed E-state index contributed by atoms with van der Waals surface area (Å²) < 4.78 is 39.9. The van der Waals surface area contributed by atoms with E-state index in [9.17, 15) is 13.2 Å². The molecule has 0 aliphatic carbocycles. The van der Waals surface area contributed by atoms with E-state index in [4.69, 9.17) is 0 Å². The summed E-state index contributed by atoms with van der Waals surface area (Å²) in [5.74, 6) is 0.949. The van der Waals surface area contributed by atoms with Crippen molar-refractivity contribution in [3.8, 4) is 0 Å². The number of hydrogen-bond donors (Lipinski definition) is 1. The third-order valence-electron chi connectivity index (χ3n) is 5.25. The molecule has 2 atom stereocenters. The van der Waals surface area contributed by atoms with E-state index in [1.807, 2.05) is 18.2 Å². The molecule has 1 aromatic carbocycles. The third-order valence-corrected chi connectivity index (χ3v) is 5.25. The Morgan fingerprint density at radius 2 is 1.96 bits per heavy atom. The highest BCUT2D eigenvalue weighted by Crippen LogP contribution is 2.29. The standard InChI is InChI=1S/C20H22F3N5/c1-13-10-27(11-15-6-4-3-5-7-15)12-16(13)19-25-14(2)17-9-24-18(28(17)26-19)8-20(21,22)23/h3-7,9,13,16H,2,8,10-12H2,1H3,(H,25,26). The maximum atomic E-state index is 12.9. The minimum absolute atomic E-state index is 0.0924. The number of likely N-dealkylation sites (tertiary alicyclic amines) is 1. The second kappa shape index (κ2) is 7.09. The van der Waals surface area contributed by atoms with Crippen molar-refractivity contribution in [2.24, 2.45) is 16.9 Å². The van der Waals surface area contributed by atoms with Gasteiger partial charge in [-0.3, -0.25) is 4.90 Å². The lowest BCUT2D eigenvalue weighted by Gasteiger charge is -2.25. The van der Waals surface area contributed by atoms with Crippen LogP contribution >= 0.6 is 0 Å². The number of rotatable bonds is 4. The SMILES string of the molecule is C=C1NC(C2CN(Cc3ccccc3)CC2C)=Nn2c1cnc2CC(F)(F)F. The molecular weight excluding hydrogens is 367 g/mol. The average molecular weight is 389 g/mol. The van der Waals surface area contributed by atoms with Gasteiger partial charge in [-0.2, -0.15) is 18.3 Å². The Morgan fingerprint density at radius 1 is 1.21 bits per heavy atom. The van der Waals surface area contributed by atoms with Gasteiger partial charge in [0.15, 0.2) is 0 Å². The predicted molar refractivity (Wildman–Crippen MR) is 101 cm³/mol. The van der Waals surface area contributed by atoms with E-state index in [1.165, 1.54) is 16.4 Å². The fourth-order valence-corrected chi connectivity index (χ4v) is 3.91. The van der Waals surface area contributed by atoms with Crippen LogP contribution < -0.4 is 5.32 Å². The summed E-state index contributed by atoms with van der Waals surface area (Å²) in [6.45, 7) is 8.62. The Labute approximate surface area is 161 Å². The van der Waals surface area contributed by atoms with E-state index >= 15 is 0 Å². The summed E-state index contributed by atoms with van der Waals surface area (Å²) >= 11 is 0. The quantitative estimate of drug-likeness (QED) is 0.871. The fourth-order valence-electron chi connectivity index (χ4n) is 3.91. The molecule has 1 N–H and O–H groups in total. The number of amidine groups is 1. The summed E-state index contributed by atoms with van der Waals surface area (Å²) in [5, 5.41) is 7.68. The van der Waals surface area contributed by atoms with Crippen molar-refractivity contribution in [2.45, 2.75) is 26.1 Å². The van der Waals surface area contributed by atoms with Crippen molar-refractivity contribution >= 4 is 11.5 Å². The van der Waals surface area contributed by atoms with Crippen molar-refractivity contribution in [2.75, 3.05) is 13.1 Å². The van der Waals surface area contributed by atoms with Crippen LogP contribution in [0.4, 0.5) is 13.2 Å². The van der Waals surface area contributed by atoms with Crippen molar-refractivity contribution in [3.05, 3.63) is 60.2 Å². The summed E-state index contributed by atoms with van der Waals surface area (Å²) in [4.78, 5) is 6.25. The van der Waals surface area contributed by atoms with Crippen molar-refractivity contribution in [1.29, 1.82) is 0 Å². The number of halogens is 3. The van der Waals surface area contributed by atoms with Crippen LogP contribution in [0.5, 0.6) is 0 Å². The molecule has 1 aromatic heterocycles. The first-order valence-electron chi connectivity index (χ1n) is 9.25. The Kier molecular flexibility index (Phi) is 4.74. The van der Waals surface area contributed by atoms with Gasteiger partial charge in [0.25, 0.3) is 0 Å². The first-order valence-corrected chi connectivity index (χ1v) is 9.25. The van der Waals surface area contributed by atoms with Gasteiger partial charge in [0.2, 0.25) is 0 Å². The monoisotopic (exact) mass is 389 g/mol. The average Bonchev–Trinajstić information content (AvgIpc) is 3.18. The number of aromatic nitrogens is 2. The number of benzene rings is 1. The molecule has 0 spiro atoms. The number of nitrogens with zero attached hydrogens (tertiary/aromatic N) is 4. The minimum Gasteiger partial charge on any atom is -0.341 e. The van der Waals surface area contributed by atoms with Crippen LogP contribution in [-0.2, 0) is 13.0 Å². The first kappa shape index (κ1) is 18.7. The topological polar surface area (TPSA) is 45.5 Å². The lowest BCUT2D eigenvalue weighted by Crippen LogP contribution is -2.37. The highest BCUT2D eigenvalue weighted by molar-refractivity contribution is 5.93. The van der Waals surface area contributed by atoms with Gasteiger partial charge < -0.3 is 5.32 Å². The molecule has 4 rings (SSSR count). The summed E-state index contributed by atoms with van der Waals surface area (Å²) in [6, 6.07) is 10.2. The number of hydrogen-bond acceptors (Lipinski definition) is 4. The predicted octanol–water partition coefficient (Wildman–Crippen LogP) is 3.49. The highest BCUT2D eigenvalue weighted by Gasteiger charge is 2.37. The largest absolute Gasteiger partial charge is 0.396 e. The van der Waals surface area contributed by atoms with Crippen LogP contribution in [0.2, 0.25) is 0 Å². The van der Waals surface area contributed by atoms with Crippen molar-refractivity contribution in [3.63, 3.8) is 0 Å². The highest BCUT2D eigenvalue weighted by atomic mass is 19.4. The van der Waals surface area contributed by atoms with Gasteiger partial charge in [-0.1, -0.05) is 43.8 Å². The van der Waals surface area contributed by atoms with E-state index in [0.717, 1.165) is 19.6 Å². The summed E-state index contributed by atoms with van der Waals surface area (Å²) in [5.41, 5.74) is 2.23. The molecule has 3 heterocycles. The Hall–Kier alpha value is -2.61. The molecular formula is C20H22F3N5. The lowest BCUT2D eigenvalue weighted by atomic mass is 9.96. The van der Waals surface area contributed by atoms with Gasteiger partial charge in [-0.15, -0.1) is 0 Å². The number of fused-ring (bicyclic) bond motifs is 1. The van der Waals surface area contributed by atoms with E-state index in [-0.39, 0.29) is 11.7 Å². The summed E-state index contributed by atoms with van der Waals surface area (Å²) in [7, 11) is 0. The van der Waals surface area contributed by atoms with Crippen molar-refractivity contribution < 1.29 is 13.2 Å². The molecule has 8 heteroatoms. The molecule has 0 bridgehead atoms. The number of alkyl halides is 3. The number of imidazole rings is 1. The zero-order valence-electron chi connectivity index (χ0n) is 15.6. The van der Waals surface area contributed by atoms with Gasteiger partial charge in [-0.25, -0.2) is 9.66 Å². The van der Waals surface area contributed by atoms with Crippen LogP contribution in [0.25, 0.3) is 5.70 Å². The van der Waals surface area contributed by atoms with Crippen molar-refractivity contribution in [1.82, 2.24) is 19.9 Å². The van der Waals surface area contributed by atoms with E-state index < -0.39 is 12.6 Å². The Bertz CT molecular complexity index is 900. The lowest BCUT2D eigenvalue weighted by molar-refractivity contribution is -0.128. The van der Waals surface area contributed by atoms with Crippen LogP contribution in [0.15, 0.2) is 48.2 Å². The molecule has 0 radical (unpaired) electrons. The Morgan fingerprint density at radius 3 is 2.68 bits per heavy atom. The molecule has 5 nitrogen and oxygen atoms in total. The maximum Gasteiger partial charge on any atom is 0.396 e. The van der Waals surface area contributed by atoms with Gasteiger partial charge in [0.1, 0.15) is 23.8 Å². The third kappa shape index (κ3) is 3.82. The molecule has 1 saturated heterocycles. The minimum atomic E-state index is -4.34. The molecule has 2 aliphatic rings. The molecule has 0 amide bonds. The molecule has 0 saturated carbocycles. The first-order chi connectivity index (χ1) is 13.3. The van der Waals surface area contributed by atoms with Crippen LogP contribution in [0.1, 0.15) is 24.0 Å². The summed E-state index contributed by atoms with van der Waals surface area (Å²) in [6.07, 6.45) is -4.06. The zero-order valence-corrected chi connectivity index (χ0v) is 15.6. The van der Waals surface area contributed by atoms with Gasteiger partial charge in [-0.05, 0) is 11.5 Å². The second-order valence-corrected chi connectivity index (χ2v) is 7.52. The van der Waals surface area contributed by atoms with E-state index in [0.29, 0.717) is 23.1 Å². The van der Waals surface area contributed by atoms with Crippen LogP contribution in [-0.4, -0.2) is 39.7 Å². The smallest absolute Gasteiger partial charge is 0.341 e. The maximum absolute atomic E-state index is 12.9. The second-order valence-electron chi connectivity index (χ2n) is 7.52. The molecule has 2 aromatic rings. The van der Waals surface area contributed by atoms with Gasteiger partial charge in [0, 0.05) is 25.6 Å². The Balaban J connectivity index is 1.55. The van der Waals surface area contributed by atoms with Crippen LogP contribution in [0.3, 0.4) is 0 Å². The molecule has 2 aliphatic heterocycles. The number of nitrogens with one attached hydrogen (secondary N) is 1. The normalized spacial score (nSPS) is 22.7. The zero-order chi connectivity index (χ0) is 19.9. The van der Waals surface area contributed by atoms with Gasteiger partial charge >= 0.3 is 6.18 Å². The molecule has 28 heavy (non-hydrogen) atoms. The molecule has 148 valence electrons. The van der Waals surface area contributed by atoms with E-state index in [1.54, 1.807) is 0 Å². The fraction of sp³-hybridized carbons (Fsp3) is 0.400. The van der Waals surface area contributed by atoms with E-state index in [2.05, 4.69) is 45.9 Å².